The number of anilines is 1. The van der Waals surface area contributed by atoms with Crippen molar-refractivity contribution in [2.24, 2.45) is 5.10 Å². The molecule has 0 spiro atoms. The van der Waals surface area contributed by atoms with Crippen molar-refractivity contribution in [1.29, 1.82) is 0 Å². The molecule has 92 valence electrons. The molecule has 2 aromatic carbocycles. The summed E-state index contributed by atoms with van der Waals surface area (Å²) in [6, 6.07) is 15.8. The Labute approximate surface area is 107 Å². The molecule has 3 heteroatoms. The third-order valence-corrected chi connectivity index (χ3v) is 2.68. The van der Waals surface area contributed by atoms with Crippen LogP contribution in [0.4, 0.5) is 5.69 Å². The van der Waals surface area contributed by atoms with Crippen molar-refractivity contribution in [3.8, 4) is 5.75 Å². The molecule has 0 fully saturated rings. The Balaban J connectivity index is 2.00. The first-order valence-electron chi connectivity index (χ1n) is 5.78. The summed E-state index contributed by atoms with van der Waals surface area (Å²) in [4.78, 5) is 0. The largest absolute Gasteiger partial charge is 0.497 e. The normalized spacial score (nSPS) is 10.6. The molecule has 0 amide bonds. The van der Waals surface area contributed by atoms with Crippen LogP contribution < -0.4 is 10.2 Å². The van der Waals surface area contributed by atoms with Crippen molar-refractivity contribution in [3.05, 3.63) is 59.7 Å². The fourth-order valence-corrected chi connectivity index (χ4v) is 1.57. The number of rotatable bonds is 4. The molecule has 0 aliphatic rings. The van der Waals surface area contributed by atoms with Gasteiger partial charge in [0, 0.05) is 0 Å². The van der Waals surface area contributed by atoms with Crippen LogP contribution in [0.3, 0.4) is 0 Å². The summed E-state index contributed by atoms with van der Waals surface area (Å²) in [6.45, 7) is 2.06. The van der Waals surface area contributed by atoms with Gasteiger partial charge in [-0.05, 0) is 42.3 Å². The average Bonchev–Trinajstić information content (AvgIpc) is 2.42. The van der Waals surface area contributed by atoms with Crippen molar-refractivity contribution >= 4 is 11.9 Å². The number of aryl methyl sites for hydroxylation is 1. The molecule has 0 aromatic heterocycles. The summed E-state index contributed by atoms with van der Waals surface area (Å²) in [5.74, 6) is 0.837. The van der Waals surface area contributed by atoms with Gasteiger partial charge >= 0.3 is 0 Å². The summed E-state index contributed by atoms with van der Waals surface area (Å²) in [5.41, 5.74) is 6.23. The lowest BCUT2D eigenvalue weighted by Gasteiger charge is -2.03. The minimum atomic E-state index is 0.837. The SMILES string of the molecule is COc1ccc(N/N=C/c2ccccc2C)cc1. The Morgan fingerprint density at radius 2 is 1.78 bits per heavy atom. The van der Waals surface area contributed by atoms with Gasteiger partial charge in [0.15, 0.2) is 0 Å². The number of benzene rings is 2. The van der Waals surface area contributed by atoms with Crippen LogP contribution in [0.1, 0.15) is 11.1 Å². The Morgan fingerprint density at radius 1 is 1.06 bits per heavy atom. The van der Waals surface area contributed by atoms with Crippen LogP contribution in [-0.4, -0.2) is 13.3 Å². The Morgan fingerprint density at radius 3 is 2.44 bits per heavy atom. The van der Waals surface area contributed by atoms with E-state index in [1.165, 1.54) is 5.56 Å². The molecule has 0 radical (unpaired) electrons. The van der Waals surface area contributed by atoms with Crippen LogP contribution in [0.2, 0.25) is 0 Å². The van der Waals surface area contributed by atoms with Crippen molar-refractivity contribution in [1.82, 2.24) is 0 Å². The van der Waals surface area contributed by atoms with E-state index in [2.05, 4.69) is 23.5 Å². The van der Waals surface area contributed by atoms with E-state index in [1.54, 1.807) is 7.11 Å². The highest BCUT2D eigenvalue weighted by atomic mass is 16.5. The summed E-state index contributed by atoms with van der Waals surface area (Å²) in [6.07, 6.45) is 1.82. The maximum atomic E-state index is 5.09. The van der Waals surface area contributed by atoms with E-state index >= 15 is 0 Å². The fourth-order valence-electron chi connectivity index (χ4n) is 1.57. The fraction of sp³-hybridized carbons (Fsp3) is 0.133. The maximum Gasteiger partial charge on any atom is 0.119 e. The molecule has 18 heavy (non-hydrogen) atoms. The first kappa shape index (κ1) is 12.2. The molecule has 0 heterocycles. The van der Waals surface area contributed by atoms with Crippen LogP contribution in [0.5, 0.6) is 5.75 Å². The minimum absolute atomic E-state index is 0.837. The summed E-state index contributed by atoms with van der Waals surface area (Å²) >= 11 is 0. The van der Waals surface area contributed by atoms with Crippen LogP contribution in [0.15, 0.2) is 53.6 Å². The lowest BCUT2D eigenvalue weighted by Crippen LogP contribution is -1.92. The van der Waals surface area contributed by atoms with Crippen LogP contribution in [-0.2, 0) is 0 Å². The number of hydrazone groups is 1. The zero-order chi connectivity index (χ0) is 12.8. The molecule has 0 aliphatic carbocycles. The van der Waals surface area contributed by atoms with Gasteiger partial charge < -0.3 is 4.74 Å². The predicted octanol–water partition coefficient (Wildman–Crippen LogP) is 3.45. The van der Waals surface area contributed by atoms with Gasteiger partial charge in [-0.3, -0.25) is 5.43 Å². The number of hydrogen-bond donors (Lipinski definition) is 1. The smallest absolute Gasteiger partial charge is 0.119 e. The Kier molecular flexibility index (Phi) is 3.97. The standard InChI is InChI=1S/C15H16N2O/c1-12-5-3-4-6-13(12)11-16-17-14-7-9-15(18-2)10-8-14/h3-11,17H,1-2H3/b16-11+. The van der Waals surface area contributed by atoms with Crippen LogP contribution in [0.25, 0.3) is 0 Å². The van der Waals surface area contributed by atoms with E-state index in [1.807, 2.05) is 48.7 Å². The molecule has 0 bridgehead atoms. The second-order valence-electron chi connectivity index (χ2n) is 3.96. The summed E-state index contributed by atoms with van der Waals surface area (Å²) < 4.78 is 5.09. The third-order valence-electron chi connectivity index (χ3n) is 2.68. The summed E-state index contributed by atoms with van der Waals surface area (Å²) in [5, 5.41) is 4.21. The summed E-state index contributed by atoms with van der Waals surface area (Å²) in [7, 11) is 1.65. The van der Waals surface area contributed by atoms with E-state index in [0.717, 1.165) is 17.0 Å². The van der Waals surface area contributed by atoms with Gasteiger partial charge in [0.1, 0.15) is 5.75 Å². The number of ether oxygens (including phenoxy) is 1. The van der Waals surface area contributed by atoms with Gasteiger partial charge in [-0.25, -0.2) is 0 Å². The molecular weight excluding hydrogens is 224 g/mol. The molecule has 0 unspecified atom stereocenters. The third kappa shape index (κ3) is 3.10. The van der Waals surface area contributed by atoms with E-state index < -0.39 is 0 Å². The second kappa shape index (κ2) is 5.87. The molecule has 0 atom stereocenters. The number of methoxy groups -OCH3 is 1. The molecule has 0 saturated carbocycles. The first-order chi connectivity index (χ1) is 8.79. The minimum Gasteiger partial charge on any atom is -0.497 e. The van der Waals surface area contributed by atoms with E-state index in [4.69, 9.17) is 4.74 Å². The number of nitrogens with zero attached hydrogens (tertiary/aromatic N) is 1. The van der Waals surface area contributed by atoms with Gasteiger partial charge in [0.05, 0.1) is 19.0 Å². The highest BCUT2D eigenvalue weighted by Crippen LogP contribution is 2.14. The van der Waals surface area contributed by atoms with Crippen molar-refractivity contribution in [3.63, 3.8) is 0 Å². The second-order valence-corrected chi connectivity index (χ2v) is 3.96. The molecule has 3 nitrogen and oxygen atoms in total. The van der Waals surface area contributed by atoms with Gasteiger partial charge in [-0.15, -0.1) is 0 Å². The van der Waals surface area contributed by atoms with Crippen molar-refractivity contribution < 1.29 is 4.74 Å². The monoisotopic (exact) mass is 240 g/mol. The molecule has 2 rings (SSSR count). The van der Waals surface area contributed by atoms with Crippen LogP contribution >= 0.6 is 0 Å². The zero-order valence-electron chi connectivity index (χ0n) is 10.6. The first-order valence-corrected chi connectivity index (χ1v) is 5.78. The van der Waals surface area contributed by atoms with Crippen molar-refractivity contribution in [2.45, 2.75) is 6.92 Å². The zero-order valence-corrected chi connectivity index (χ0v) is 10.6. The molecular formula is C15H16N2O. The van der Waals surface area contributed by atoms with Gasteiger partial charge in [-0.1, -0.05) is 24.3 Å². The Bertz CT molecular complexity index is 532. The van der Waals surface area contributed by atoms with Gasteiger partial charge in [0.25, 0.3) is 0 Å². The van der Waals surface area contributed by atoms with E-state index in [9.17, 15) is 0 Å². The molecule has 0 saturated heterocycles. The van der Waals surface area contributed by atoms with Gasteiger partial charge in [0.2, 0.25) is 0 Å². The lowest BCUT2D eigenvalue weighted by molar-refractivity contribution is 0.415. The lowest BCUT2D eigenvalue weighted by atomic mass is 10.1. The average molecular weight is 240 g/mol. The molecule has 2 aromatic rings. The highest BCUT2D eigenvalue weighted by Gasteiger charge is 1.93. The quantitative estimate of drug-likeness (QED) is 0.656. The van der Waals surface area contributed by atoms with E-state index in [-0.39, 0.29) is 0 Å². The highest BCUT2D eigenvalue weighted by molar-refractivity contribution is 5.82. The predicted molar refractivity (Wildman–Crippen MR) is 75.4 cm³/mol. The van der Waals surface area contributed by atoms with Crippen molar-refractivity contribution in [2.75, 3.05) is 12.5 Å². The molecule has 1 N–H and O–H groups in total. The number of hydrogen-bond acceptors (Lipinski definition) is 3. The van der Waals surface area contributed by atoms with E-state index in [0.29, 0.717) is 0 Å². The maximum absolute atomic E-state index is 5.09. The van der Waals surface area contributed by atoms with Gasteiger partial charge in [-0.2, -0.15) is 5.10 Å². The van der Waals surface area contributed by atoms with Crippen LogP contribution in [0, 0.1) is 6.92 Å². The molecule has 0 aliphatic heterocycles. The number of nitrogens with one attached hydrogen (secondary N) is 1. The Hall–Kier alpha value is -2.29. The topological polar surface area (TPSA) is 33.6 Å².